The van der Waals surface area contributed by atoms with Crippen molar-refractivity contribution in [1.29, 1.82) is 0 Å². The number of alkyl halides is 3. The number of carbonyl (C=O) groups excluding carboxylic acids is 1. The van der Waals surface area contributed by atoms with E-state index in [4.69, 9.17) is 0 Å². The smallest absolute Gasteiger partial charge is 0.405 e. The molecule has 0 radical (unpaired) electrons. The first-order chi connectivity index (χ1) is 7.44. The molecular formula is C11H11F3O2. The van der Waals surface area contributed by atoms with Gasteiger partial charge in [-0.3, -0.25) is 0 Å². The first-order valence-electron chi connectivity index (χ1n) is 4.72. The van der Waals surface area contributed by atoms with Crippen LogP contribution in [0.4, 0.5) is 13.2 Å². The topological polar surface area (TPSA) is 26.3 Å². The summed E-state index contributed by atoms with van der Waals surface area (Å²) in [4.78, 5) is 10.2. The van der Waals surface area contributed by atoms with Crippen LogP contribution < -0.4 is 4.74 Å². The molecule has 0 aliphatic heterocycles. The molecular weight excluding hydrogens is 221 g/mol. The fraction of sp³-hybridized carbons (Fsp3) is 0.364. The SMILES string of the molecule is Cc1cccc(OC(F)(F)F)c1CCC=O. The highest BCUT2D eigenvalue weighted by Gasteiger charge is 2.32. The van der Waals surface area contributed by atoms with Crippen molar-refractivity contribution in [3.8, 4) is 5.75 Å². The van der Waals surface area contributed by atoms with Crippen LogP contribution in [0.5, 0.6) is 5.75 Å². The molecule has 1 aromatic carbocycles. The molecule has 0 saturated carbocycles. The maximum atomic E-state index is 12.1. The van der Waals surface area contributed by atoms with E-state index in [2.05, 4.69) is 4.74 Å². The molecule has 0 fully saturated rings. The molecule has 0 aliphatic carbocycles. The minimum absolute atomic E-state index is 0.180. The highest BCUT2D eigenvalue weighted by molar-refractivity contribution is 5.51. The third-order valence-electron chi connectivity index (χ3n) is 2.11. The second kappa shape index (κ2) is 5.01. The number of aryl methyl sites for hydroxylation is 1. The van der Waals surface area contributed by atoms with Crippen molar-refractivity contribution >= 4 is 6.29 Å². The number of hydrogen-bond donors (Lipinski definition) is 0. The predicted octanol–water partition coefficient (Wildman–Crippen LogP) is 3.03. The molecule has 0 heterocycles. The highest BCUT2D eigenvalue weighted by Crippen LogP contribution is 2.29. The van der Waals surface area contributed by atoms with E-state index in [1.807, 2.05) is 0 Å². The van der Waals surface area contributed by atoms with Crippen molar-refractivity contribution in [3.05, 3.63) is 29.3 Å². The van der Waals surface area contributed by atoms with Crippen molar-refractivity contribution in [3.63, 3.8) is 0 Å². The highest BCUT2D eigenvalue weighted by atomic mass is 19.4. The Kier molecular flexibility index (Phi) is 3.93. The molecule has 16 heavy (non-hydrogen) atoms. The van der Waals surface area contributed by atoms with Crippen molar-refractivity contribution < 1.29 is 22.7 Å². The Morgan fingerprint density at radius 3 is 2.62 bits per heavy atom. The van der Waals surface area contributed by atoms with Crippen LogP contribution in [-0.4, -0.2) is 12.6 Å². The molecule has 1 rings (SSSR count). The quantitative estimate of drug-likeness (QED) is 0.746. The van der Waals surface area contributed by atoms with Gasteiger partial charge in [-0.25, -0.2) is 0 Å². The molecule has 0 atom stereocenters. The summed E-state index contributed by atoms with van der Waals surface area (Å²) in [6, 6.07) is 4.42. The molecule has 0 aliphatic rings. The maximum absolute atomic E-state index is 12.1. The van der Waals surface area contributed by atoms with Gasteiger partial charge in [-0.15, -0.1) is 13.2 Å². The summed E-state index contributed by atoms with van der Waals surface area (Å²) in [5.41, 5.74) is 1.11. The minimum Gasteiger partial charge on any atom is -0.405 e. The van der Waals surface area contributed by atoms with Gasteiger partial charge in [-0.1, -0.05) is 12.1 Å². The zero-order valence-electron chi connectivity index (χ0n) is 8.67. The van der Waals surface area contributed by atoms with E-state index in [9.17, 15) is 18.0 Å². The molecule has 0 bridgehead atoms. The van der Waals surface area contributed by atoms with Gasteiger partial charge in [0.25, 0.3) is 0 Å². The fourth-order valence-corrected chi connectivity index (χ4v) is 1.42. The Morgan fingerprint density at radius 2 is 2.06 bits per heavy atom. The lowest BCUT2D eigenvalue weighted by molar-refractivity contribution is -0.274. The third-order valence-corrected chi connectivity index (χ3v) is 2.11. The normalized spacial score (nSPS) is 11.2. The molecule has 88 valence electrons. The molecule has 0 N–H and O–H groups in total. The Balaban J connectivity index is 2.97. The van der Waals surface area contributed by atoms with Crippen LogP contribution in [-0.2, 0) is 11.2 Å². The third kappa shape index (κ3) is 3.56. The summed E-state index contributed by atoms with van der Waals surface area (Å²) in [5, 5.41) is 0. The van der Waals surface area contributed by atoms with Crippen molar-refractivity contribution in [2.24, 2.45) is 0 Å². The summed E-state index contributed by atoms with van der Waals surface area (Å²) >= 11 is 0. The molecule has 0 spiro atoms. The minimum atomic E-state index is -4.70. The standard InChI is InChI=1S/C11H11F3O2/c1-8-4-2-6-10(16-11(12,13)14)9(8)5-3-7-15/h2,4,6-7H,3,5H2,1H3. The first-order valence-corrected chi connectivity index (χ1v) is 4.72. The van der Waals surface area contributed by atoms with Crippen LogP contribution >= 0.6 is 0 Å². The Labute approximate surface area is 91.0 Å². The first kappa shape index (κ1) is 12.5. The molecule has 0 aromatic heterocycles. The zero-order valence-corrected chi connectivity index (χ0v) is 8.67. The predicted molar refractivity (Wildman–Crippen MR) is 52.2 cm³/mol. The van der Waals surface area contributed by atoms with Crippen LogP contribution in [0.1, 0.15) is 17.5 Å². The van der Waals surface area contributed by atoms with Gasteiger partial charge in [0.2, 0.25) is 0 Å². The number of carbonyl (C=O) groups is 1. The van der Waals surface area contributed by atoms with Gasteiger partial charge in [0, 0.05) is 6.42 Å². The average molecular weight is 232 g/mol. The van der Waals surface area contributed by atoms with Crippen molar-refractivity contribution in [2.75, 3.05) is 0 Å². The molecule has 0 unspecified atom stereocenters. The largest absolute Gasteiger partial charge is 0.573 e. The summed E-state index contributed by atoms with van der Waals surface area (Å²) in [7, 11) is 0. The van der Waals surface area contributed by atoms with E-state index < -0.39 is 6.36 Å². The number of benzene rings is 1. The number of ether oxygens (including phenoxy) is 1. The van der Waals surface area contributed by atoms with E-state index in [1.165, 1.54) is 12.1 Å². The molecule has 0 saturated heterocycles. The summed E-state index contributed by atoms with van der Waals surface area (Å²) in [5.74, 6) is -0.227. The van der Waals surface area contributed by atoms with E-state index in [-0.39, 0.29) is 18.6 Å². The summed E-state index contributed by atoms with van der Waals surface area (Å²) < 4.78 is 40.1. The summed E-state index contributed by atoms with van der Waals surface area (Å²) in [6.45, 7) is 1.68. The van der Waals surface area contributed by atoms with Crippen molar-refractivity contribution in [1.82, 2.24) is 0 Å². The fourth-order valence-electron chi connectivity index (χ4n) is 1.42. The Bertz CT molecular complexity index is 372. The average Bonchev–Trinajstić information content (AvgIpc) is 2.14. The number of halogens is 3. The van der Waals surface area contributed by atoms with Crippen LogP contribution in [0, 0.1) is 6.92 Å². The lowest BCUT2D eigenvalue weighted by Gasteiger charge is -2.14. The molecule has 2 nitrogen and oxygen atoms in total. The van der Waals surface area contributed by atoms with E-state index in [0.717, 1.165) is 0 Å². The van der Waals surface area contributed by atoms with Gasteiger partial charge in [0.1, 0.15) is 12.0 Å². The van der Waals surface area contributed by atoms with Gasteiger partial charge in [-0.2, -0.15) is 0 Å². The van der Waals surface area contributed by atoms with Crippen LogP contribution in [0.15, 0.2) is 18.2 Å². The monoisotopic (exact) mass is 232 g/mol. The molecule has 1 aromatic rings. The lowest BCUT2D eigenvalue weighted by atomic mass is 10.0. The van der Waals surface area contributed by atoms with E-state index in [0.29, 0.717) is 17.4 Å². The number of rotatable bonds is 4. The number of hydrogen-bond acceptors (Lipinski definition) is 2. The van der Waals surface area contributed by atoms with Crippen LogP contribution in [0.2, 0.25) is 0 Å². The van der Waals surface area contributed by atoms with Crippen LogP contribution in [0.3, 0.4) is 0 Å². The lowest BCUT2D eigenvalue weighted by Crippen LogP contribution is -2.18. The van der Waals surface area contributed by atoms with Crippen LogP contribution in [0.25, 0.3) is 0 Å². The van der Waals surface area contributed by atoms with E-state index in [1.54, 1.807) is 13.0 Å². The van der Waals surface area contributed by atoms with Gasteiger partial charge < -0.3 is 9.53 Å². The zero-order chi connectivity index (χ0) is 12.2. The Hall–Kier alpha value is -1.52. The van der Waals surface area contributed by atoms with Crippen molar-refractivity contribution in [2.45, 2.75) is 26.1 Å². The number of aldehydes is 1. The van der Waals surface area contributed by atoms with E-state index >= 15 is 0 Å². The molecule has 5 heteroatoms. The second-order valence-electron chi connectivity index (χ2n) is 3.30. The summed E-state index contributed by atoms with van der Waals surface area (Å²) in [6.07, 6.45) is -3.60. The second-order valence-corrected chi connectivity index (χ2v) is 3.30. The van der Waals surface area contributed by atoms with Gasteiger partial charge >= 0.3 is 6.36 Å². The van der Waals surface area contributed by atoms with Gasteiger partial charge in [0.05, 0.1) is 0 Å². The Morgan fingerprint density at radius 1 is 1.38 bits per heavy atom. The van der Waals surface area contributed by atoms with Gasteiger partial charge in [0.15, 0.2) is 0 Å². The van der Waals surface area contributed by atoms with Gasteiger partial charge in [-0.05, 0) is 30.5 Å². The maximum Gasteiger partial charge on any atom is 0.573 e. The molecule has 0 amide bonds.